The number of nitrogens with one attached hydrogen (secondary N) is 2. The van der Waals surface area contributed by atoms with Gasteiger partial charge >= 0.3 is 0 Å². The van der Waals surface area contributed by atoms with Crippen LogP contribution in [0.3, 0.4) is 0 Å². The predicted octanol–water partition coefficient (Wildman–Crippen LogP) is 1.28. The Bertz CT molecular complexity index is 496. The van der Waals surface area contributed by atoms with Gasteiger partial charge in [-0.1, -0.05) is 0 Å². The molecule has 0 fully saturated rings. The molecule has 0 saturated heterocycles. The van der Waals surface area contributed by atoms with Gasteiger partial charge in [-0.2, -0.15) is 16.9 Å². The molecular weight excluding hydrogens is 427 g/mol. The van der Waals surface area contributed by atoms with Gasteiger partial charge in [-0.15, -0.1) is 24.0 Å². The fourth-order valence-corrected chi connectivity index (χ4v) is 2.70. The van der Waals surface area contributed by atoms with Crippen molar-refractivity contribution in [2.75, 3.05) is 32.2 Å². The number of thioether (sulfide) groups is 1. The zero-order valence-corrected chi connectivity index (χ0v) is 17.2. The number of rotatable bonds is 7. The molecule has 9 heteroatoms. The van der Waals surface area contributed by atoms with E-state index in [-0.39, 0.29) is 24.0 Å². The van der Waals surface area contributed by atoms with E-state index in [4.69, 9.17) is 4.74 Å². The van der Waals surface area contributed by atoms with Gasteiger partial charge in [0.25, 0.3) is 0 Å². The van der Waals surface area contributed by atoms with Gasteiger partial charge in [0, 0.05) is 31.9 Å². The molecule has 1 aromatic rings. The van der Waals surface area contributed by atoms with Crippen molar-refractivity contribution in [2.24, 2.45) is 4.99 Å². The van der Waals surface area contributed by atoms with E-state index in [2.05, 4.69) is 38.9 Å². The predicted molar refractivity (Wildman–Crippen MR) is 106 cm³/mol. The highest BCUT2D eigenvalue weighted by atomic mass is 127. The van der Waals surface area contributed by atoms with Crippen molar-refractivity contribution in [1.29, 1.82) is 0 Å². The molecule has 2 rings (SSSR count). The zero-order chi connectivity index (χ0) is 15.8. The number of aryl methyl sites for hydroxylation is 1. The van der Waals surface area contributed by atoms with Crippen molar-refractivity contribution in [3.05, 3.63) is 11.6 Å². The van der Waals surface area contributed by atoms with Gasteiger partial charge in [0.2, 0.25) is 0 Å². The maximum Gasteiger partial charge on any atom is 0.191 e. The highest BCUT2D eigenvalue weighted by molar-refractivity contribution is 14.0. The van der Waals surface area contributed by atoms with Crippen LogP contribution in [0.5, 0.6) is 0 Å². The van der Waals surface area contributed by atoms with Crippen molar-refractivity contribution in [1.82, 2.24) is 25.4 Å². The Hall–Kier alpha value is -0.550. The van der Waals surface area contributed by atoms with Crippen LogP contribution in [0.15, 0.2) is 4.99 Å². The van der Waals surface area contributed by atoms with Gasteiger partial charge in [-0.3, -0.25) is 4.99 Å². The minimum atomic E-state index is 0. The fraction of sp³-hybridized carbons (Fsp3) is 0.786. The third-order valence-electron chi connectivity index (χ3n) is 3.43. The molecule has 1 aromatic heterocycles. The molecule has 1 unspecified atom stereocenters. The van der Waals surface area contributed by atoms with Crippen LogP contribution >= 0.6 is 35.7 Å². The summed E-state index contributed by atoms with van der Waals surface area (Å²) in [5, 5.41) is 11.3. The lowest BCUT2D eigenvalue weighted by Gasteiger charge is -2.25. The Morgan fingerprint density at radius 3 is 3.04 bits per heavy atom. The van der Waals surface area contributed by atoms with Crippen molar-refractivity contribution < 1.29 is 4.74 Å². The van der Waals surface area contributed by atoms with Crippen LogP contribution in [0, 0.1) is 0 Å². The van der Waals surface area contributed by atoms with Crippen LogP contribution in [0.2, 0.25) is 0 Å². The number of aromatic nitrogens is 3. The van der Waals surface area contributed by atoms with E-state index >= 15 is 0 Å². The van der Waals surface area contributed by atoms with Gasteiger partial charge in [0.05, 0.1) is 13.1 Å². The molecule has 1 atom stereocenters. The smallest absolute Gasteiger partial charge is 0.191 e. The first-order valence-corrected chi connectivity index (χ1v) is 9.11. The molecule has 23 heavy (non-hydrogen) atoms. The number of nitrogens with zero attached hydrogens (tertiary/aromatic N) is 4. The van der Waals surface area contributed by atoms with Crippen LogP contribution in [0.4, 0.5) is 0 Å². The van der Waals surface area contributed by atoms with E-state index in [1.165, 1.54) is 0 Å². The minimum Gasteiger partial charge on any atom is -0.377 e. The molecule has 2 heterocycles. The first kappa shape index (κ1) is 20.5. The summed E-state index contributed by atoms with van der Waals surface area (Å²) in [4.78, 5) is 9.10. The Labute approximate surface area is 159 Å². The highest BCUT2D eigenvalue weighted by Crippen LogP contribution is 2.13. The number of hydrogen-bond donors (Lipinski definition) is 2. The molecular formula is C14H27IN6OS. The maximum atomic E-state index is 5.10. The monoisotopic (exact) mass is 454 g/mol. The van der Waals surface area contributed by atoms with Crippen molar-refractivity contribution in [3.63, 3.8) is 0 Å². The Morgan fingerprint density at radius 2 is 2.35 bits per heavy atom. The van der Waals surface area contributed by atoms with E-state index in [1.807, 2.05) is 16.4 Å². The van der Waals surface area contributed by atoms with E-state index in [9.17, 15) is 0 Å². The number of methoxy groups -OCH3 is 1. The second-order valence-corrected chi connectivity index (χ2v) is 6.18. The number of fused-ring (bicyclic) bond motifs is 1. The Morgan fingerprint density at radius 1 is 1.52 bits per heavy atom. The molecule has 0 aromatic carbocycles. The highest BCUT2D eigenvalue weighted by Gasteiger charge is 2.22. The number of halogens is 1. The van der Waals surface area contributed by atoms with Crippen LogP contribution in [0.25, 0.3) is 0 Å². The van der Waals surface area contributed by atoms with Crippen LogP contribution in [-0.2, 0) is 24.3 Å². The van der Waals surface area contributed by atoms with Crippen molar-refractivity contribution in [2.45, 2.75) is 39.0 Å². The van der Waals surface area contributed by atoms with E-state index < -0.39 is 0 Å². The number of guanidine groups is 1. The van der Waals surface area contributed by atoms with Crippen LogP contribution in [0.1, 0.15) is 25.0 Å². The number of hydrogen-bond acceptors (Lipinski definition) is 5. The van der Waals surface area contributed by atoms with Gasteiger partial charge in [0.1, 0.15) is 12.4 Å². The Kier molecular flexibility index (Phi) is 9.88. The minimum absolute atomic E-state index is 0. The average molecular weight is 454 g/mol. The van der Waals surface area contributed by atoms with Gasteiger partial charge in [-0.05, 0) is 19.6 Å². The number of aliphatic imine (C=N–C) groups is 1. The van der Waals surface area contributed by atoms with Crippen molar-refractivity contribution in [3.8, 4) is 0 Å². The topological polar surface area (TPSA) is 76.4 Å². The standard InChI is InChI=1S/C14H26N6OS.HI/c1-4-15-14(16-7-8-22-3)17-11-5-6-13-18-12(10-21-2)19-20(13)9-11;/h11H,4-10H2,1-3H3,(H2,15,16,17);1H. The molecule has 2 N–H and O–H groups in total. The molecule has 132 valence electrons. The van der Waals surface area contributed by atoms with Gasteiger partial charge < -0.3 is 15.4 Å². The van der Waals surface area contributed by atoms with E-state index in [1.54, 1.807) is 7.11 Å². The average Bonchev–Trinajstić information content (AvgIpc) is 2.89. The Balaban J connectivity index is 0.00000264. The summed E-state index contributed by atoms with van der Waals surface area (Å²) < 4.78 is 7.09. The molecule has 1 aliphatic heterocycles. The first-order chi connectivity index (χ1) is 10.8. The maximum absolute atomic E-state index is 5.10. The lowest BCUT2D eigenvalue weighted by atomic mass is 10.1. The van der Waals surface area contributed by atoms with E-state index in [0.717, 1.165) is 55.8 Å². The summed E-state index contributed by atoms with van der Waals surface area (Å²) in [6.07, 6.45) is 4.07. The lowest BCUT2D eigenvalue weighted by molar-refractivity contribution is 0.177. The van der Waals surface area contributed by atoms with Crippen molar-refractivity contribution >= 4 is 41.7 Å². The quantitative estimate of drug-likeness (QED) is 0.280. The molecule has 0 radical (unpaired) electrons. The summed E-state index contributed by atoms with van der Waals surface area (Å²) in [6, 6.07) is 0.330. The summed E-state index contributed by atoms with van der Waals surface area (Å²) in [5.41, 5.74) is 0. The largest absolute Gasteiger partial charge is 0.377 e. The SMILES string of the molecule is CCNC(=NCCSC)NC1CCc2nc(COC)nn2C1.I. The summed E-state index contributed by atoms with van der Waals surface area (Å²) >= 11 is 1.81. The lowest BCUT2D eigenvalue weighted by Crippen LogP contribution is -2.47. The summed E-state index contributed by atoms with van der Waals surface area (Å²) in [5.74, 6) is 3.74. The molecule has 0 saturated carbocycles. The van der Waals surface area contributed by atoms with Gasteiger partial charge in [0.15, 0.2) is 11.8 Å². The van der Waals surface area contributed by atoms with E-state index in [0.29, 0.717) is 12.6 Å². The zero-order valence-electron chi connectivity index (χ0n) is 14.0. The third kappa shape index (κ3) is 6.46. The normalized spacial score (nSPS) is 17.3. The molecule has 0 spiro atoms. The van der Waals surface area contributed by atoms with Crippen LogP contribution in [-0.4, -0.2) is 59.0 Å². The fourth-order valence-electron chi connectivity index (χ4n) is 2.43. The first-order valence-electron chi connectivity index (χ1n) is 7.72. The second-order valence-electron chi connectivity index (χ2n) is 5.19. The molecule has 0 bridgehead atoms. The molecule has 0 aliphatic carbocycles. The number of ether oxygens (including phenoxy) is 1. The summed E-state index contributed by atoms with van der Waals surface area (Å²) in [6.45, 7) is 5.06. The molecule has 0 amide bonds. The van der Waals surface area contributed by atoms with Gasteiger partial charge in [-0.25, -0.2) is 9.67 Å². The molecule has 7 nitrogen and oxygen atoms in total. The summed E-state index contributed by atoms with van der Waals surface area (Å²) in [7, 11) is 1.66. The molecule has 1 aliphatic rings. The third-order valence-corrected chi connectivity index (χ3v) is 4.02. The second kappa shape index (κ2) is 11.1. The van der Waals surface area contributed by atoms with Crippen LogP contribution < -0.4 is 10.6 Å².